The Morgan fingerprint density at radius 2 is 1.93 bits per heavy atom. The van der Waals surface area contributed by atoms with E-state index in [2.05, 4.69) is 21.2 Å². The average molecular weight is 464 g/mol. The number of benzene rings is 2. The van der Waals surface area contributed by atoms with Gasteiger partial charge in [-0.1, -0.05) is 23.7 Å². The normalized spacial score (nSPS) is 15.8. The van der Waals surface area contributed by atoms with Gasteiger partial charge in [-0.25, -0.2) is 9.69 Å². The Bertz CT molecular complexity index is 1020. The van der Waals surface area contributed by atoms with Gasteiger partial charge < -0.3 is 4.74 Å². The lowest BCUT2D eigenvalue weighted by Gasteiger charge is -2.26. The van der Waals surface area contributed by atoms with Gasteiger partial charge in [-0.15, -0.1) is 0 Å². The van der Waals surface area contributed by atoms with Crippen molar-refractivity contribution in [2.45, 2.75) is 13.8 Å². The summed E-state index contributed by atoms with van der Waals surface area (Å²) in [5, 5.41) is 2.60. The molecular formula is C20H16BrClN2O4. The predicted molar refractivity (Wildman–Crippen MR) is 111 cm³/mol. The third kappa shape index (κ3) is 3.95. The highest BCUT2D eigenvalue weighted by Crippen LogP contribution is 2.29. The first-order chi connectivity index (χ1) is 13.3. The lowest BCUT2D eigenvalue weighted by Crippen LogP contribution is -2.54. The highest BCUT2D eigenvalue weighted by molar-refractivity contribution is 9.10. The smallest absolute Gasteiger partial charge is 0.335 e. The number of anilines is 1. The molecule has 0 saturated carbocycles. The number of barbiturate groups is 1. The maximum atomic E-state index is 12.9. The number of hydrogen-bond acceptors (Lipinski definition) is 4. The predicted octanol–water partition coefficient (Wildman–Crippen LogP) is 4.48. The molecule has 144 valence electrons. The molecule has 2 aromatic rings. The van der Waals surface area contributed by atoms with E-state index in [0.717, 1.165) is 10.5 Å². The van der Waals surface area contributed by atoms with Crippen LogP contribution in [0.5, 0.6) is 5.75 Å². The van der Waals surface area contributed by atoms with Crippen molar-refractivity contribution < 1.29 is 19.1 Å². The molecule has 1 aliphatic heterocycles. The van der Waals surface area contributed by atoms with Crippen LogP contribution in [-0.2, 0) is 9.59 Å². The van der Waals surface area contributed by atoms with E-state index in [0.29, 0.717) is 27.4 Å². The summed E-state index contributed by atoms with van der Waals surface area (Å²) < 4.78 is 6.14. The number of urea groups is 1. The molecule has 1 heterocycles. The van der Waals surface area contributed by atoms with Crippen LogP contribution >= 0.6 is 27.5 Å². The fourth-order valence-corrected chi connectivity index (χ4v) is 3.34. The molecule has 0 spiro atoms. The number of halogens is 2. The second-order valence-corrected chi connectivity index (χ2v) is 7.28. The van der Waals surface area contributed by atoms with Crippen LogP contribution in [0.2, 0.25) is 5.02 Å². The molecule has 6 nitrogen and oxygen atoms in total. The van der Waals surface area contributed by atoms with Crippen LogP contribution in [0.4, 0.5) is 10.5 Å². The van der Waals surface area contributed by atoms with Gasteiger partial charge >= 0.3 is 6.03 Å². The molecule has 28 heavy (non-hydrogen) atoms. The average Bonchev–Trinajstić information content (AvgIpc) is 2.63. The number of nitrogens with zero attached hydrogens (tertiary/aromatic N) is 1. The van der Waals surface area contributed by atoms with E-state index in [-0.39, 0.29) is 11.3 Å². The van der Waals surface area contributed by atoms with Gasteiger partial charge in [-0.3, -0.25) is 14.9 Å². The molecule has 1 fully saturated rings. The molecule has 0 aromatic heterocycles. The van der Waals surface area contributed by atoms with Crippen molar-refractivity contribution in [3.63, 3.8) is 0 Å². The van der Waals surface area contributed by atoms with Crippen molar-refractivity contribution in [2.75, 3.05) is 11.5 Å². The highest BCUT2D eigenvalue weighted by atomic mass is 79.9. The van der Waals surface area contributed by atoms with Gasteiger partial charge in [0, 0.05) is 5.02 Å². The Labute approximate surface area is 175 Å². The lowest BCUT2D eigenvalue weighted by molar-refractivity contribution is -0.122. The summed E-state index contributed by atoms with van der Waals surface area (Å²) >= 11 is 9.51. The quantitative estimate of drug-likeness (QED) is 0.536. The van der Waals surface area contributed by atoms with Gasteiger partial charge in [0.05, 0.1) is 16.8 Å². The number of nitrogens with one attached hydrogen (secondary N) is 1. The first-order valence-electron chi connectivity index (χ1n) is 8.41. The molecule has 0 unspecified atom stereocenters. The summed E-state index contributed by atoms with van der Waals surface area (Å²) in [6.07, 6.45) is 1.42. The number of rotatable bonds is 4. The maximum Gasteiger partial charge on any atom is 0.335 e. The molecule has 0 aliphatic carbocycles. The first-order valence-corrected chi connectivity index (χ1v) is 9.59. The maximum absolute atomic E-state index is 12.9. The van der Waals surface area contributed by atoms with Gasteiger partial charge in [0.25, 0.3) is 11.8 Å². The Morgan fingerprint density at radius 3 is 2.57 bits per heavy atom. The minimum Gasteiger partial charge on any atom is -0.493 e. The van der Waals surface area contributed by atoms with Crippen LogP contribution in [0.3, 0.4) is 0 Å². The lowest BCUT2D eigenvalue weighted by atomic mass is 10.1. The number of amides is 4. The van der Waals surface area contributed by atoms with Gasteiger partial charge in [0.15, 0.2) is 0 Å². The standard InChI is InChI=1S/C20H16BrClN2O4/c1-3-28-17-7-5-12(9-15(17)21)8-14-18(25)23-20(27)24(19(14)26)13-6-4-11(2)16(22)10-13/h4-10H,3H2,1-2H3,(H,23,25,27)/b14-8-. The molecule has 1 N–H and O–H groups in total. The molecule has 0 bridgehead atoms. The first kappa shape index (κ1) is 20.1. The van der Waals surface area contributed by atoms with Crippen LogP contribution in [0.25, 0.3) is 6.08 Å². The van der Waals surface area contributed by atoms with Crippen LogP contribution in [0.1, 0.15) is 18.1 Å². The van der Waals surface area contributed by atoms with Crippen molar-refractivity contribution in [1.82, 2.24) is 5.32 Å². The third-order valence-electron chi connectivity index (χ3n) is 4.08. The SMILES string of the molecule is CCOc1ccc(/C=C2/C(=O)NC(=O)N(c3ccc(C)c(Cl)c3)C2=O)cc1Br. The number of hydrogen-bond donors (Lipinski definition) is 1. The van der Waals surface area contributed by atoms with E-state index in [1.807, 2.05) is 13.8 Å². The zero-order valence-electron chi connectivity index (χ0n) is 15.1. The molecule has 1 saturated heterocycles. The molecule has 8 heteroatoms. The summed E-state index contributed by atoms with van der Waals surface area (Å²) in [6, 6.07) is 9.15. The molecule has 2 aromatic carbocycles. The number of carbonyl (C=O) groups is 3. The minimum absolute atomic E-state index is 0.160. The van der Waals surface area contributed by atoms with Crippen LogP contribution < -0.4 is 15.0 Å². The Morgan fingerprint density at radius 1 is 1.18 bits per heavy atom. The van der Waals surface area contributed by atoms with Crippen molar-refractivity contribution in [3.05, 3.63) is 62.6 Å². The fourth-order valence-electron chi connectivity index (χ4n) is 2.66. The molecule has 3 rings (SSSR count). The van der Waals surface area contributed by atoms with Gasteiger partial charge in [-0.2, -0.15) is 0 Å². The summed E-state index contributed by atoms with van der Waals surface area (Å²) in [5.41, 5.74) is 1.53. The monoisotopic (exact) mass is 462 g/mol. The molecular weight excluding hydrogens is 448 g/mol. The van der Waals surface area contributed by atoms with Crippen molar-refractivity contribution in [3.8, 4) is 5.75 Å². The number of imide groups is 2. The highest BCUT2D eigenvalue weighted by Gasteiger charge is 2.37. The zero-order chi connectivity index (χ0) is 20.4. The molecule has 0 atom stereocenters. The van der Waals surface area contributed by atoms with E-state index in [4.69, 9.17) is 16.3 Å². The van der Waals surface area contributed by atoms with Crippen molar-refractivity contribution in [2.24, 2.45) is 0 Å². The van der Waals surface area contributed by atoms with Gasteiger partial charge in [0.1, 0.15) is 11.3 Å². The second kappa shape index (κ2) is 8.16. The Hall–Kier alpha value is -2.64. The van der Waals surface area contributed by atoms with E-state index < -0.39 is 17.8 Å². The van der Waals surface area contributed by atoms with E-state index in [1.54, 1.807) is 30.3 Å². The van der Waals surface area contributed by atoms with Gasteiger partial charge in [0.2, 0.25) is 0 Å². The molecule has 0 radical (unpaired) electrons. The topological polar surface area (TPSA) is 75.7 Å². The van der Waals surface area contributed by atoms with Crippen molar-refractivity contribution in [1.29, 1.82) is 0 Å². The zero-order valence-corrected chi connectivity index (χ0v) is 17.4. The summed E-state index contributed by atoms with van der Waals surface area (Å²) in [4.78, 5) is 38.3. The minimum atomic E-state index is -0.819. The third-order valence-corrected chi connectivity index (χ3v) is 5.11. The van der Waals surface area contributed by atoms with E-state index in [1.165, 1.54) is 12.1 Å². The van der Waals surface area contributed by atoms with Crippen LogP contribution in [0.15, 0.2) is 46.4 Å². The summed E-state index contributed by atoms with van der Waals surface area (Å²) in [6.45, 7) is 4.19. The van der Waals surface area contributed by atoms with Gasteiger partial charge in [-0.05, 0) is 71.2 Å². The Kier molecular flexibility index (Phi) is 5.86. The summed E-state index contributed by atoms with van der Waals surface area (Å²) in [5.74, 6) is -0.830. The van der Waals surface area contributed by atoms with Crippen molar-refractivity contribution >= 4 is 57.1 Å². The molecule has 4 amide bonds. The number of aryl methyl sites for hydroxylation is 1. The Balaban J connectivity index is 1.98. The number of carbonyl (C=O) groups excluding carboxylic acids is 3. The van der Waals surface area contributed by atoms with Crippen LogP contribution in [0, 0.1) is 6.92 Å². The fraction of sp³-hybridized carbons (Fsp3) is 0.150. The second-order valence-electron chi connectivity index (χ2n) is 6.01. The largest absolute Gasteiger partial charge is 0.493 e. The van der Waals surface area contributed by atoms with E-state index in [9.17, 15) is 14.4 Å². The van der Waals surface area contributed by atoms with E-state index >= 15 is 0 Å². The number of ether oxygens (including phenoxy) is 1. The van der Waals surface area contributed by atoms with Crippen LogP contribution in [-0.4, -0.2) is 24.5 Å². The summed E-state index contributed by atoms with van der Waals surface area (Å²) in [7, 11) is 0. The molecule has 1 aliphatic rings.